The molecule has 0 atom stereocenters. The second-order valence-corrected chi connectivity index (χ2v) is 4.64. The fraction of sp³-hybridized carbons (Fsp3) is 0.500. The molecule has 2 aromatic rings. The first-order valence-corrected chi connectivity index (χ1v) is 5.81. The molecule has 5 nitrogen and oxygen atoms in total. The predicted octanol–water partition coefficient (Wildman–Crippen LogP) is 2.44. The quantitative estimate of drug-likeness (QED) is 0.814. The van der Waals surface area contributed by atoms with E-state index in [1.165, 1.54) is 0 Å². The SMILES string of the molecule is CC(C)c1cnc(-c2ncn(C(C)C)n2)nc1. The van der Waals surface area contributed by atoms with Crippen LogP contribution in [0.1, 0.15) is 45.2 Å². The Morgan fingerprint density at radius 3 is 2.06 bits per heavy atom. The van der Waals surface area contributed by atoms with Crippen molar-refractivity contribution in [2.75, 3.05) is 0 Å². The summed E-state index contributed by atoms with van der Waals surface area (Å²) >= 11 is 0. The largest absolute Gasteiger partial charge is 0.250 e. The Morgan fingerprint density at radius 2 is 1.59 bits per heavy atom. The van der Waals surface area contributed by atoms with Crippen LogP contribution in [0.5, 0.6) is 0 Å². The van der Waals surface area contributed by atoms with Crippen LogP contribution >= 0.6 is 0 Å². The van der Waals surface area contributed by atoms with Gasteiger partial charge >= 0.3 is 0 Å². The first-order chi connectivity index (χ1) is 8.08. The van der Waals surface area contributed by atoms with Crippen LogP contribution in [0.3, 0.4) is 0 Å². The molecule has 0 aromatic carbocycles. The van der Waals surface area contributed by atoms with Crippen LogP contribution in [0.25, 0.3) is 11.6 Å². The van der Waals surface area contributed by atoms with E-state index in [0.29, 0.717) is 23.6 Å². The van der Waals surface area contributed by atoms with Gasteiger partial charge in [0.1, 0.15) is 6.33 Å². The fourth-order valence-corrected chi connectivity index (χ4v) is 1.38. The summed E-state index contributed by atoms with van der Waals surface area (Å²) in [6.45, 7) is 8.34. The van der Waals surface area contributed by atoms with E-state index >= 15 is 0 Å². The minimum absolute atomic E-state index is 0.297. The second kappa shape index (κ2) is 4.61. The van der Waals surface area contributed by atoms with Gasteiger partial charge in [-0.05, 0) is 25.3 Å². The molecule has 0 aliphatic carbocycles. The monoisotopic (exact) mass is 231 g/mol. The van der Waals surface area contributed by atoms with Crippen molar-refractivity contribution in [3.63, 3.8) is 0 Å². The lowest BCUT2D eigenvalue weighted by Crippen LogP contribution is -2.01. The van der Waals surface area contributed by atoms with Gasteiger partial charge in [-0.1, -0.05) is 13.8 Å². The zero-order chi connectivity index (χ0) is 12.4. The maximum Gasteiger partial charge on any atom is 0.218 e. The zero-order valence-corrected chi connectivity index (χ0v) is 10.6. The van der Waals surface area contributed by atoms with Crippen molar-refractivity contribution in [1.29, 1.82) is 0 Å². The Labute approximate surface area is 101 Å². The lowest BCUT2D eigenvalue weighted by atomic mass is 10.1. The zero-order valence-electron chi connectivity index (χ0n) is 10.6. The molecular formula is C12H17N5. The van der Waals surface area contributed by atoms with Crippen LogP contribution in [-0.4, -0.2) is 24.7 Å². The normalized spacial score (nSPS) is 11.4. The van der Waals surface area contributed by atoms with Gasteiger partial charge in [-0.25, -0.2) is 19.6 Å². The summed E-state index contributed by atoms with van der Waals surface area (Å²) in [6.07, 6.45) is 5.38. The van der Waals surface area contributed by atoms with Gasteiger partial charge in [0, 0.05) is 18.4 Å². The molecule has 0 N–H and O–H groups in total. The molecule has 0 spiro atoms. The molecule has 0 fully saturated rings. The van der Waals surface area contributed by atoms with Crippen molar-refractivity contribution >= 4 is 0 Å². The maximum atomic E-state index is 4.34. The molecule has 2 heterocycles. The van der Waals surface area contributed by atoms with Gasteiger partial charge in [0.05, 0.1) is 0 Å². The molecular weight excluding hydrogens is 214 g/mol. The van der Waals surface area contributed by atoms with Crippen molar-refractivity contribution in [2.24, 2.45) is 0 Å². The molecule has 2 aromatic heterocycles. The topological polar surface area (TPSA) is 56.5 Å². The van der Waals surface area contributed by atoms with Gasteiger partial charge < -0.3 is 0 Å². The summed E-state index contributed by atoms with van der Waals surface area (Å²) < 4.78 is 1.80. The molecule has 0 bridgehead atoms. The third kappa shape index (κ3) is 2.49. The van der Waals surface area contributed by atoms with Gasteiger partial charge in [-0.15, -0.1) is 5.10 Å². The molecule has 0 radical (unpaired) electrons. The summed E-state index contributed by atoms with van der Waals surface area (Å²) in [5.41, 5.74) is 1.12. The average molecular weight is 231 g/mol. The van der Waals surface area contributed by atoms with Gasteiger partial charge in [-0.3, -0.25) is 0 Å². The van der Waals surface area contributed by atoms with Crippen molar-refractivity contribution < 1.29 is 0 Å². The number of nitrogens with zero attached hydrogens (tertiary/aromatic N) is 5. The van der Waals surface area contributed by atoms with E-state index in [1.54, 1.807) is 11.0 Å². The Hall–Kier alpha value is -1.78. The Morgan fingerprint density at radius 1 is 0.941 bits per heavy atom. The number of rotatable bonds is 3. The number of hydrogen-bond acceptors (Lipinski definition) is 4. The highest BCUT2D eigenvalue weighted by atomic mass is 15.3. The van der Waals surface area contributed by atoms with E-state index in [9.17, 15) is 0 Å². The first-order valence-electron chi connectivity index (χ1n) is 5.81. The highest BCUT2D eigenvalue weighted by Crippen LogP contribution is 2.14. The van der Waals surface area contributed by atoms with Crippen LogP contribution in [0.15, 0.2) is 18.7 Å². The molecule has 2 rings (SSSR count). The third-order valence-electron chi connectivity index (χ3n) is 2.58. The van der Waals surface area contributed by atoms with Crippen molar-refractivity contribution in [2.45, 2.75) is 39.7 Å². The molecule has 5 heteroatoms. The van der Waals surface area contributed by atoms with Crippen molar-refractivity contribution in [3.05, 3.63) is 24.3 Å². The molecule has 0 saturated carbocycles. The van der Waals surface area contributed by atoms with Gasteiger partial charge in [0.25, 0.3) is 0 Å². The maximum absolute atomic E-state index is 4.34. The van der Waals surface area contributed by atoms with E-state index in [-0.39, 0.29) is 0 Å². The van der Waals surface area contributed by atoms with Crippen LogP contribution < -0.4 is 0 Å². The molecule has 17 heavy (non-hydrogen) atoms. The smallest absolute Gasteiger partial charge is 0.218 e. The molecule has 0 aliphatic heterocycles. The standard InChI is InChI=1S/C12H17N5/c1-8(2)10-5-13-11(14-6-10)12-15-7-17(16-12)9(3)4/h5-9H,1-4H3. The minimum Gasteiger partial charge on any atom is -0.250 e. The highest BCUT2D eigenvalue weighted by Gasteiger charge is 2.09. The Bertz CT molecular complexity index is 484. The van der Waals surface area contributed by atoms with Crippen LogP contribution in [0.2, 0.25) is 0 Å². The minimum atomic E-state index is 0.297. The van der Waals surface area contributed by atoms with Gasteiger partial charge in [0.15, 0.2) is 5.82 Å². The van der Waals surface area contributed by atoms with Gasteiger partial charge in [-0.2, -0.15) is 0 Å². The summed E-state index contributed by atoms with van der Waals surface area (Å²) in [4.78, 5) is 12.8. The summed E-state index contributed by atoms with van der Waals surface area (Å²) in [6, 6.07) is 0.297. The summed E-state index contributed by atoms with van der Waals surface area (Å²) in [7, 11) is 0. The van der Waals surface area contributed by atoms with E-state index in [1.807, 2.05) is 12.4 Å². The van der Waals surface area contributed by atoms with Crippen molar-refractivity contribution in [1.82, 2.24) is 24.7 Å². The average Bonchev–Trinajstić information content (AvgIpc) is 2.78. The Kier molecular flexibility index (Phi) is 3.17. The third-order valence-corrected chi connectivity index (χ3v) is 2.58. The first kappa shape index (κ1) is 11.7. The van der Waals surface area contributed by atoms with E-state index < -0.39 is 0 Å². The molecule has 90 valence electrons. The summed E-state index contributed by atoms with van der Waals surface area (Å²) in [5, 5.41) is 4.34. The summed E-state index contributed by atoms with van der Waals surface area (Å²) in [5.74, 6) is 1.59. The molecule has 0 amide bonds. The number of aromatic nitrogens is 5. The molecule has 0 aliphatic rings. The Balaban J connectivity index is 2.27. The fourth-order valence-electron chi connectivity index (χ4n) is 1.38. The predicted molar refractivity (Wildman–Crippen MR) is 65.5 cm³/mol. The lowest BCUT2D eigenvalue weighted by Gasteiger charge is -2.03. The number of hydrogen-bond donors (Lipinski definition) is 0. The molecule has 0 saturated heterocycles. The van der Waals surface area contributed by atoms with Crippen LogP contribution in [-0.2, 0) is 0 Å². The van der Waals surface area contributed by atoms with Crippen molar-refractivity contribution in [3.8, 4) is 11.6 Å². The van der Waals surface area contributed by atoms with Gasteiger partial charge in [0.2, 0.25) is 5.82 Å². The second-order valence-electron chi connectivity index (χ2n) is 4.64. The van der Waals surface area contributed by atoms with Crippen LogP contribution in [0, 0.1) is 0 Å². The lowest BCUT2D eigenvalue weighted by molar-refractivity contribution is 0.532. The van der Waals surface area contributed by atoms with E-state index in [4.69, 9.17) is 0 Å². The van der Waals surface area contributed by atoms with E-state index in [0.717, 1.165) is 5.56 Å². The van der Waals surface area contributed by atoms with Crippen LogP contribution in [0.4, 0.5) is 0 Å². The van der Waals surface area contributed by atoms with E-state index in [2.05, 4.69) is 47.7 Å². The highest BCUT2D eigenvalue weighted by molar-refractivity contribution is 5.41. The molecule has 0 unspecified atom stereocenters.